The summed E-state index contributed by atoms with van der Waals surface area (Å²) >= 11 is 0. The number of aryl methyl sites for hydroxylation is 1. The molecule has 0 amide bonds. The number of rotatable bonds is 4. The highest BCUT2D eigenvalue weighted by molar-refractivity contribution is 5.56. The van der Waals surface area contributed by atoms with E-state index < -0.39 is 0 Å². The average molecular weight is 315 g/mol. The van der Waals surface area contributed by atoms with Gasteiger partial charge in [0.2, 0.25) is 0 Å². The van der Waals surface area contributed by atoms with Gasteiger partial charge in [-0.25, -0.2) is 4.98 Å². The molecule has 2 aromatic rings. The van der Waals surface area contributed by atoms with Crippen LogP contribution in [0.25, 0.3) is 11.4 Å². The molecule has 6 nitrogen and oxygen atoms in total. The Kier molecular flexibility index (Phi) is 4.61. The Balaban J connectivity index is 1.96. The molecule has 23 heavy (non-hydrogen) atoms. The molecule has 1 N–H and O–H groups in total. The van der Waals surface area contributed by atoms with Crippen molar-refractivity contribution in [2.24, 2.45) is 0 Å². The largest absolute Gasteiger partial charge is 0.306 e. The van der Waals surface area contributed by atoms with Crippen LogP contribution >= 0.6 is 0 Å². The number of likely N-dealkylation sites (tertiary alicyclic amines) is 1. The molecule has 1 aliphatic heterocycles. The minimum absolute atomic E-state index is 0.0825. The number of H-pyrrole nitrogens is 1. The number of aromatic nitrogens is 4. The summed E-state index contributed by atoms with van der Waals surface area (Å²) in [7, 11) is 2.12. The summed E-state index contributed by atoms with van der Waals surface area (Å²) in [5.41, 5.74) is 2.79. The van der Waals surface area contributed by atoms with E-state index in [-0.39, 0.29) is 5.56 Å². The number of likely N-dealkylation sites (N-methyl/N-ethyl adjacent to an activating group) is 1. The predicted molar refractivity (Wildman–Crippen MR) is 90.6 cm³/mol. The second-order valence-corrected chi connectivity index (χ2v) is 6.49. The maximum atomic E-state index is 12.1. The highest BCUT2D eigenvalue weighted by Gasteiger charge is 2.22. The van der Waals surface area contributed by atoms with Crippen molar-refractivity contribution < 1.29 is 0 Å². The van der Waals surface area contributed by atoms with Gasteiger partial charge in [-0.3, -0.25) is 9.48 Å². The second-order valence-electron chi connectivity index (χ2n) is 6.49. The molecule has 1 fully saturated rings. The Morgan fingerprint density at radius 3 is 3.00 bits per heavy atom. The molecule has 0 unspecified atom stereocenters. The van der Waals surface area contributed by atoms with Crippen molar-refractivity contribution in [1.82, 2.24) is 24.6 Å². The third kappa shape index (κ3) is 3.37. The molecule has 0 aliphatic carbocycles. The van der Waals surface area contributed by atoms with E-state index in [2.05, 4.69) is 29.0 Å². The van der Waals surface area contributed by atoms with Gasteiger partial charge in [0, 0.05) is 30.8 Å². The molecule has 1 aliphatic rings. The zero-order valence-corrected chi connectivity index (χ0v) is 14.2. The van der Waals surface area contributed by atoms with Crippen molar-refractivity contribution in [3.8, 4) is 11.4 Å². The lowest BCUT2D eigenvalue weighted by Gasteiger charge is -2.29. The monoisotopic (exact) mass is 315 g/mol. The molecule has 0 bridgehead atoms. The van der Waals surface area contributed by atoms with Crippen molar-refractivity contribution in [3.63, 3.8) is 0 Å². The third-order valence-electron chi connectivity index (χ3n) is 4.60. The molecule has 124 valence electrons. The molecule has 0 aromatic carbocycles. The van der Waals surface area contributed by atoms with Gasteiger partial charge in [0.15, 0.2) is 0 Å². The van der Waals surface area contributed by atoms with Crippen LogP contribution in [-0.2, 0) is 6.54 Å². The topological polar surface area (TPSA) is 66.8 Å². The van der Waals surface area contributed by atoms with Gasteiger partial charge < -0.3 is 9.88 Å². The van der Waals surface area contributed by atoms with Crippen molar-refractivity contribution in [2.75, 3.05) is 20.1 Å². The molecule has 0 radical (unpaired) electrons. The summed E-state index contributed by atoms with van der Waals surface area (Å²) in [6.07, 6.45) is 5.08. The Morgan fingerprint density at radius 2 is 2.26 bits per heavy atom. The number of hydrogen-bond donors (Lipinski definition) is 1. The van der Waals surface area contributed by atoms with E-state index in [1.165, 1.54) is 0 Å². The zero-order valence-electron chi connectivity index (χ0n) is 14.2. The van der Waals surface area contributed by atoms with E-state index in [0.717, 1.165) is 55.8 Å². The first-order valence-electron chi connectivity index (χ1n) is 8.41. The van der Waals surface area contributed by atoms with Gasteiger partial charge in [0.1, 0.15) is 5.82 Å². The summed E-state index contributed by atoms with van der Waals surface area (Å²) in [5.74, 6) is 0.973. The molecular formula is C17H25N5O. The predicted octanol–water partition coefficient (Wildman–Crippen LogP) is 2.16. The molecule has 0 saturated carbocycles. The van der Waals surface area contributed by atoms with Crippen LogP contribution in [0.3, 0.4) is 0 Å². The Morgan fingerprint density at radius 1 is 1.43 bits per heavy atom. The van der Waals surface area contributed by atoms with Gasteiger partial charge in [-0.05, 0) is 39.8 Å². The van der Waals surface area contributed by atoms with E-state index in [9.17, 15) is 4.79 Å². The van der Waals surface area contributed by atoms with E-state index in [0.29, 0.717) is 11.7 Å². The average Bonchev–Trinajstić information content (AvgIpc) is 2.88. The summed E-state index contributed by atoms with van der Waals surface area (Å²) in [5, 5.41) is 4.41. The minimum atomic E-state index is -0.0825. The molecule has 1 saturated heterocycles. The van der Waals surface area contributed by atoms with Gasteiger partial charge >= 0.3 is 0 Å². The SMILES string of the molecule is CCCn1ncc(-c2nc([C@@H]3CCCN(C)C3)cc(=O)[nH]2)c1C. The Bertz CT molecular complexity index is 733. The third-order valence-corrected chi connectivity index (χ3v) is 4.60. The van der Waals surface area contributed by atoms with Crippen molar-refractivity contribution in [3.05, 3.63) is 34.0 Å². The maximum absolute atomic E-state index is 12.1. The van der Waals surface area contributed by atoms with E-state index >= 15 is 0 Å². The van der Waals surface area contributed by atoms with Crippen LogP contribution in [0, 0.1) is 6.92 Å². The summed E-state index contributed by atoms with van der Waals surface area (Å²) in [6, 6.07) is 1.65. The highest BCUT2D eigenvalue weighted by atomic mass is 16.1. The molecule has 2 aromatic heterocycles. The number of aromatic amines is 1. The van der Waals surface area contributed by atoms with Crippen LogP contribution in [0.2, 0.25) is 0 Å². The van der Waals surface area contributed by atoms with Gasteiger partial charge in [-0.1, -0.05) is 6.92 Å². The van der Waals surface area contributed by atoms with Gasteiger partial charge in [0.25, 0.3) is 5.56 Å². The summed E-state index contributed by atoms with van der Waals surface area (Å²) in [4.78, 5) is 22.1. The molecule has 0 spiro atoms. The smallest absolute Gasteiger partial charge is 0.251 e. The van der Waals surface area contributed by atoms with Gasteiger partial charge in [-0.15, -0.1) is 0 Å². The van der Waals surface area contributed by atoms with Gasteiger partial charge in [-0.2, -0.15) is 5.10 Å². The first kappa shape index (κ1) is 15.9. The fraction of sp³-hybridized carbons (Fsp3) is 0.588. The lowest BCUT2D eigenvalue weighted by molar-refractivity contribution is 0.248. The number of piperidine rings is 1. The van der Waals surface area contributed by atoms with Crippen LogP contribution in [0.1, 0.15) is 43.5 Å². The van der Waals surface area contributed by atoms with Crippen LogP contribution < -0.4 is 5.56 Å². The molecule has 3 heterocycles. The number of nitrogens with one attached hydrogen (secondary N) is 1. The van der Waals surface area contributed by atoms with E-state index in [1.807, 2.05) is 11.6 Å². The fourth-order valence-electron chi connectivity index (χ4n) is 3.34. The molecule has 1 atom stereocenters. The van der Waals surface area contributed by atoms with Crippen LogP contribution in [-0.4, -0.2) is 44.8 Å². The highest BCUT2D eigenvalue weighted by Crippen LogP contribution is 2.26. The van der Waals surface area contributed by atoms with Gasteiger partial charge in [0.05, 0.1) is 17.5 Å². The van der Waals surface area contributed by atoms with E-state index in [1.54, 1.807) is 12.3 Å². The number of nitrogens with zero attached hydrogens (tertiary/aromatic N) is 4. The quantitative estimate of drug-likeness (QED) is 0.939. The minimum Gasteiger partial charge on any atom is -0.306 e. The second kappa shape index (κ2) is 6.66. The lowest BCUT2D eigenvalue weighted by atomic mass is 9.95. The van der Waals surface area contributed by atoms with Crippen LogP contribution in [0.5, 0.6) is 0 Å². The Hall–Kier alpha value is -1.95. The van der Waals surface area contributed by atoms with Crippen molar-refractivity contribution in [1.29, 1.82) is 0 Å². The molecular weight excluding hydrogens is 290 g/mol. The van der Waals surface area contributed by atoms with Crippen molar-refractivity contribution in [2.45, 2.75) is 45.6 Å². The fourth-order valence-corrected chi connectivity index (χ4v) is 3.34. The van der Waals surface area contributed by atoms with Crippen LogP contribution in [0.15, 0.2) is 17.1 Å². The lowest BCUT2D eigenvalue weighted by Crippen LogP contribution is -2.31. The van der Waals surface area contributed by atoms with E-state index in [4.69, 9.17) is 4.98 Å². The summed E-state index contributed by atoms with van der Waals surface area (Å²) in [6.45, 7) is 7.11. The normalized spacial score (nSPS) is 19.2. The maximum Gasteiger partial charge on any atom is 0.251 e. The first-order valence-corrected chi connectivity index (χ1v) is 8.41. The van der Waals surface area contributed by atoms with Crippen LogP contribution in [0.4, 0.5) is 0 Å². The molecule has 6 heteroatoms. The first-order chi connectivity index (χ1) is 11.1. The number of hydrogen-bond acceptors (Lipinski definition) is 4. The van der Waals surface area contributed by atoms with Crippen molar-refractivity contribution >= 4 is 0 Å². The standard InChI is InChI=1S/C17H25N5O/c1-4-7-22-12(2)14(10-18-22)17-19-15(9-16(23)20-17)13-6-5-8-21(3)11-13/h9-10,13H,4-8,11H2,1-3H3,(H,19,20,23)/t13-/m1/s1. The zero-order chi connectivity index (χ0) is 16.4. The summed E-state index contributed by atoms with van der Waals surface area (Å²) < 4.78 is 1.97. The molecule has 3 rings (SSSR count). The Labute approximate surface area is 136 Å².